The highest BCUT2D eigenvalue weighted by atomic mass is 16.5. The second-order valence-electron chi connectivity index (χ2n) is 4.28. The molecular formula is C13H15N3O4. The van der Waals surface area contributed by atoms with E-state index in [0.717, 1.165) is 11.0 Å². The Kier molecular flexibility index (Phi) is 4.31. The van der Waals surface area contributed by atoms with Crippen LogP contribution in [-0.4, -0.2) is 46.7 Å². The maximum Gasteiger partial charge on any atom is 0.326 e. The molecule has 0 aliphatic heterocycles. The number of ether oxygens (including phenoxy) is 1. The fourth-order valence-corrected chi connectivity index (χ4v) is 1.81. The Morgan fingerprint density at radius 1 is 1.50 bits per heavy atom. The zero-order chi connectivity index (χ0) is 14.5. The van der Waals surface area contributed by atoms with E-state index in [0.29, 0.717) is 5.56 Å². The van der Waals surface area contributed by atoms with Crippen LogP contribution in [0.2, 0.25) is 0 Å². The van der Waals surface area contributed by atoms with Gasteiger partial charge in [0.05, 0.1) is 17.4 Å². The molecule has 0 radical (unpaired) electrons. The van der Waals surface area contributed by atoms with E-state index in [-0.39, 0.29) is 13.0 Å². The van der Waals surface area contributed by atoms with Crippen LogP contribution in [0.1, 0.15) is 16.8 Å². The number of aliphatic carboxylic acids is 1. The second-order valence-corrected chi connectivity index (χ2v) is 4.28. The van der Waals surface area contributed by atoms with Crippen molar-refractivity contribution < 1.29 is 19.4 Å². The van der Waals surface area contributed by atoms with Gasteiger partial charge in [-0.2, -0.15) is 0 Å². The first-order valence-electron chi connectivity index (χ1n) is 6.07. The zero-order valence-electron chi connectivity index (χ0n) is 10.9. The van der Waals surface area contributed by atoms with Crippen LogP contribution in [0.3, 0.4) is 0 Å². The number of carbonyl (C=O) groups excluding carboxylic acids is 1. The smallest absolute Gasteiger partial charge is 0.326 e. The summed E-state index contributed by atoms with van der Waals surface area (Å²) in [7, 11) is 1.48. The summed E-state index contributed by atoms with van der Waals surface area (Å²) in [5.74, 6) is -1.52. The molecule has 0 fully saturated rings. The number of amides is 1. The number of H-pyrrole nitrogens is 1. The molecule has 0 bridgehead atoms. The standard InChI is InChI=1S/C13H15N3O4/c1-20-5-4-10(13(18)19)16-12(17)8-2-3-9-11(6-8)15-7-14-9/h2-3,6-7,10H,4-5H2,1H3,(H,14,15)(H,16,17)(H,18,19). The van der Waals surface area contributed by atoms with E-state index in [1.54, 1.807) is 18.2 Å². The molecule has 1 amide bonds. The molecule has 2 aromatic rings. The fourth-order valence-electron chi connectivity index (χ4n) is 1.81. The molecule has 3 N–H and O–H groups in total. The van der Waals surface area contributed by atoms with Crippen molar-refractivity contribution in [1.82, 2.24) is 15.3 Å². The van der Waals surface area contributed by atoms with Gasteiger partial charge < -0.3 is 20.1 Å². The molecule has 1 unspecified atom stereocenters. The molecule has 7 nitrogen and oxygen atoms in total. The summed E-state index contributed by atoms with van der Waals surface area (Å²) < 4.78 is 4.83. The molecule has 1 aromatic carbocycles. The number of rotatable bonds is 6. The van der Waals surface area contributed by atoms with Crippen LogP contribution in [0, 0.1) is 0 Å². The topological polar surface area (TPSA) is 104 Å². The predicted octanol–water partition coefficient (Wildman–Crippen LogP) is 0.782. The summed E-state index contributed by atoms with van der Waals surface area (Å²) >= 11 is 0. The van der Waals surface area contributed by atoms with E-state index >= 15 is 0 Å². The molecular weight excluding hydrogens is 262 g/mol. The van der Waals surface area contributed by atoms with Gasteiger partial charge in [0.25, 0.3) is 5.91 Å². The summed E-state index contributed by atoms with van der Waals surface area (Å²) in [6, 6.07) is 3.96. The van der Waals surface area contributed by atoms with Crippen molar-refractivity contribution in [3.8, 4) is 0 Å². The van der Waals surface area contributed by atoms with Gasteiger partial charge in [0.15, 0.2) is 0 Å². The van der Waals surface area contributed by atoms with Crippen molar-refractivity contribution in [1.29, 1.82) is 0 Å². The highest BCUT2D eigenvalue weighted by molar-refractivity contribution is 5.99. The Morgan fingerprint density at radius 3 is 3.00 bits per heavy atom. The molecule has 1 atom stereocenters. The average molecular weight is 277 g/mol. The minimum absolute atomic E-state index is 0.212. The molecule has 7 heteroatoms. The van der Waals surface area contributed by atoms with Crippen LogP contribution >= 0.6 is 0 Å². The molecule has 0 saturated heterocycles. The van der Waals surface area contributed by atoms with Crippen LogP contribution in [0.5, 0.6) is 0 Å². The molecule has 106 valence electrons. The number of carboxylic acids is 1. The zero-order valence-corrected chi connectivity index (χ0v) is 10.9. The van der Waals surface area contributed by atoms with Gasteiger partial charge >= 0.3 is 5.97 Å². The van der Waals surface area contributed by atoms with Crippen molar-refractivity contribution in [2.75, 3.05) is 13.7 Å². The molecule has 0 saturated carbocycles. The van der Waals surface area contributed by atoms with Gasteiger partial charge in [0.2, 0.25) is 0 Å². The SMILES string of the molecule is COCCC(NC(=O)c1ccc2nc[nH]c2c1)C(=O)O. The number of carbonyl (C=O) groups is 2. The molecule has 20 heavy (non-hydrogen) atoms. The largest absolute Gasteiger partial charge is 0.480 e. The first-order valence-corrected chi connectivity index (χ1v) is 6.07. The van der Waals surface area contributed by atoms with Gasteiger partial charge in [-0.3, -0.25) is 4.79 Å². The number of fused-ring (bicyclic) bond motifs is 1. The van der Waals surface area contributed by atoms with Crippen molar-refractivity contribution in [2.45, 2.75) is 12.5 Å². The lowest BCUT2D eigenvalue weighted by atomic mass is 10.1. The minimum Gasteiger partial charge on any atom is -0.480 e. The number of aromatic amines is 1. The van der Waals surface area contributed by atoms with Gasteiger partial charge in [0, 0.05) is 25.7 Å². The first-order chi connectivity index (χ1) is 9.61. The highest BCUT2D eigenvalue weighted by Gasteiger charge is 2.20. The molecule has 2 rings (SSSR count). The van der Waals surface area contributed by atoms with Crippen LogP contribution in [0.4, 0.5) is 0 Å². The maximum absolute atomic E-state index is 12.0. The number of nitrogens with zero attached hydrogens (tertiary/aromatic N) is 1. The van der Waals surface area contributed by atoms with Crippen LogP contribution < -0.4 is 5.32 Å². The van der Waals surface area contributed by atoms with Crippen molar-refractivity contribution in [3.63, 3.8) is 0 Å². The number of nitrogens with one attached hydrogen (secondary N) is 2. The number of hydrogen-bond acceptors (Lipinski definition) is 4. The van der Waals surface area contributed by atoms with Gasteiger partial charge in [-0.05, 0) is 18.2 Å². The lowest BCUT2D eigenvalue weighted by Gasteiger charge is -2.14. The van der Waals surface area contributed by atoms with E-state index < -0.39 is 17.9 Å². The number of imidazole rings is 1. The van der Waals surface area contributed by atoms with Gasteiger partial charge in [-0.25, -0.2) is 9.78 Å². The number of benzene rings is 1. The number of aromatic nitrogens is 2. The average Bonchev–Trinajstić information content (AvgIpc) is 2.90. The summed E-state index contributed by atoms with van der Waals surface area (Å²) in [6.07, 6.45) is 1.74. The van der Waals surface area contributed by atoms with E-state index in [1.807, 2.05) is 0 Å². The van der Waals surface area contributed by atoms with Crippen molar-refractivity contribution >= 4 is 22.9 Å². The summed E-state index contributed by atoms with van der Waals surface area (Å²) in [5, 5.41) is 11.5. The second kappa shape index (κ2) is 6.16. The minimum atomic E-state index is -1.09. The van der Waals surface area contributed by atoms with Crippen molar-refractivity contribution in [3.05, 3.63) is 30.1 Å². The van der Waals surface area contributed by atoms with Crippen LogP contribution in [0.25, 0.3) is 11.0 Å². The molecule has 0 aliphatic carbocycles. The Bertz CT molecular complexity index is 623. The maximum atomic E-state index is 12.0. The normalized spacial score (nSPS) is 12.2. The molecule has 1 aromatic heterocycles. The Balaban J connectivity index is 2.10. The molecule has 0 spiro atoms. The fraction of sp³-hybridized carbons (Fsp3) is 0.308. The Hall–Kier alpha value is -2.41. The van der Waals surface area contributed by atoms with Gasteiger partial charge in [-0.15, -0.1) is 0 Å². The Labute approximate surface area is 115 Å². The molecule has 0 aliphatic rings. The molecule has 1 heterocycles. The van der Waals surface area contributed by atoms with Crippen molar-refractivity contribution in [2.24, 2.45) is 0 Å². The van der Waals surface area contributed by atoms with Gasteiger partial charge in [0.1, 0.15) is 6.04 Å². The van der Waals surface area contributed by atoms with E-state index in [4.69, 9.17) is 9.84 Å². The third-order valence-electron chi connectivity index (χ3n) is 2.90. The Morgan fingerprint density at radius 2 is 2.30 bits per heavy atom. The monoisotopic (exact) mass is 277 g/mol. The predicted molar refractivity (Wildman–Crippen MR) is 71.5 cm³/mol. The first kappa shape index (κ1) is 14.0. The lowest BCUT2D eigenvalue weighted by Crippen LogP contribution is -2.41. The van der Waals surface area contributed by atoms with Crippen LogP contribution in [0.15, 0.2) is 24.5 Å². The number of carboxylic acid groups (broad SMARTS) is 1. The highest BCUT2D eigenvalue weighted by Crippen LogP contribution is 2.11. The quantitative estimate of drug-likeness (QED) is 0.724. The number of hydrogen-bond donors (Lipinski definition) is 3. The summed E-state index contributed by atoms with van der Waals surface area (Å²) in [4.78, 5) is 30.0. The van der Waals surface area contributed by atoms with E-state index in [2.05, 4.69) is 15.3 Å². The lowest BCUT2D eigenvalue weighted by molar-refractivity contribution is -0.139. The summed E-state index contributed by atoms with van der Waals surface area (Å²) in [5.41, 5.74) is 1.85. The van der Waals surface area contributed by atoms with E-state index in [9.17, 15) is 9.59 Å². The van der Waals surface area contributed by atoms with Crippen LogP contribution in [-0.2, 0) is 9.53 Å². The third-order valence-corrected chi connectivity index (χ3v) is 2.90. The summed E-state index contributed by atoms with van der Waals surface area (Å²) in [6.45, 7) is 0.261. The number of methoxy groups -OCH3 is 1. The third kappa shape index (κ3) is 3.12. The van der Waals surface area contributed by atoms with E-state index in [1.165, 1.54) is 13.4 Å². The van der Waals surface area contributed by atoms with Gasteiger partial charge in [-0.1, -0.05) is 0 Å².